The predicted octanol–water partition coefficient (Wildman–Crippen LogP) is 5.06. The number of fused-ring (bicyclic) bond motifs is 1. The summed E-state index contributed by atoms with van der Waals surface area (Å²) in [7, 11) is 0. The molecule has 2 heterocycles. The van der Waals surface area contributed by atoms with Crippen molar-refractivity contribution in [1.29, 1.82) is 0 Å². The normalized spacial score (nSPS) is 19.1. The summed E-state index contributed by atoms with van der Waals surface area (Å²) < 4.78 is 28.5. The molecule has 1 N–H and O–H groups in total. The van der Waals surface area contributed by atoms with Gasteiger partial charge in [0.1, 0.15) is 11.9 Å². The Balaban J connectivity index is 0.000000968. The molecule has 0 bridgehead atoms. The number of aliphatic hydroxyl groups is 1. The van der Waals surface area contributed by atoms with Gasteiger partial charge in [-0.25, -0.2) is 9.98 Å². The lowest BCUT2D eigenvalue weighted by Crippen LogP contribution is -2.25. The number of aliphatic hydroxyl groups excluding tert-OH is 1. The van der Waals surface area contributed by atoms with E-state index in [1.807, 2.05) is 30.3 Å². The Labute approximate surface area is 202 Å². The highest BCUT2D eigenvalue weighted by Gasteiger charge is 2.26. The Morgan fingerprint density at radius 2 is 1.85 bits per heavy atom. The summed E-state index contributed by atoms with van der Waals surface area (Å²) in [4.78, 5) is 9.41. The van der Waals surface area contributed by atoms with Gasteiger partial charge in [0.2, 0.25) is 0 Å². The highest BCUT2D eigenvalue weighted by Crippen LogP contribution is 2.36. The second kappa shape index (κ2) is 12.8. The summed E-state index contributed by atoms with van der Waals surface area (Å²) in [6, 6.07) is 9.79. The molecule has 1 aliphatic heterocycles. The molecule has 33 heavy (non-hydrogen) atoms. The van der Waals surface area contributed by atoms with Gasteiger partial charge in [0.05, 0.1) is 35.1 Å². The molecule has 0 radical (unpaired) electrons. The first-order valence-electron chi connectivity index (χ1n) is 11.3. The maximum absolute atomic E-state index is 9.30. The van der Waals surface area contributed by atoms with Crippen LogP contribution in [0.1, 0.15) is 51.1 Å². The highest BCUT2D eigenvalue weighted by atomic mass is 35.5. The first-order valence-corrected chi connectivity index (χ1v) is 12.3. The standard InChI is InChI=1S/C24H29ClN2O3.O2S/c1-2-3-12-29-18-10-6-17(7-11-18)24-20(25)13-21-22(27-24)14-23(26-21)30-19-8-4-16(15-28)5-9-19;1-3-2/h6-7,10-11,13,16,19,28H,2-5,8-9,12,14-15H2,1H3;. The second-order valence-corrected chi connectivity index (χ2v) is 8.75. The van der Waals surface area contributed by atoms with Crippen molar-refractivity contribution in [1.82, 2.24) is 4.98 Å². The Morgan fingerprint density at radius 1 is 1.15 bits per heavy atom. The largest absolute Gasteiger partial charge is 0.494 e. The lowest BCUT2D eigenvalue weighted by Gasteiger charge is -2.27. The van der Waals surface area contributed by atoms with E-state index in [9.17, 15) is 5.11 Å². The molecule has 178 valence electrons. The van der Waals surface area contributed by atoms with Crippen molar-refractivity contribution in [2.24, 2.45) is 10.9 Å². The van der Waals surface area contributed by atoms with Gasteiger partial charge in [-0.2, -0.15) is 8.42 Å². The van der Waals surface area contributed by atoms with Crippen molar-refractivity contribution in [2.45, 2.75) is 58.0 Å². The number of halogens is 1. The molecule has 2 aromatic rings. The van der Waals surface area contributed by atoms with Crippen LogP contribution in [0.5, 0.6) is 5.75 Å². The van der Waals surface area contributed by atoms with Gasteiger partial charge < -0.3 is 14.6 Å². The van der Waals surface area contributed by atoms with E-state index in [4.69, 9.17) is 34.5 Å². The average Bonchev–Trinajstić information content (AvgIpc) is 3.21. The van der Waals surface area contributed by atoms with Crippen molar-refractivity contribution in [3.8, 4) is 17.0 Å². The van der Waals surface area contributed by atoms with Crippen LogP contribution in [0.2, 0.25) is 5.02 Å². The zero-order chi connectivity index (χ0) is 23.6. The molecule has 1 aromatic heterocycles. The zero-order valence-corrected chi connectivity index (χ0v) is 20.2. The molecular formula is C24H29ClN2O5S. The first-order chi connectivity index (χ1) is 16.1. The Bertz CT molecular complexity index is 985. The topological polar surface area (TPSA) is 98.1 Å². The van der Waals surface area contributed by atoms with Gasteiger partial charge in [-0.15, -0.1) is 0 Å². The summed E-state index contributed by atoms with van der Waals surface area (Å²) in [5.74, 6) is 2.00. The van der Waals surface area contributed by atoms with Crippen molar-refractivity contribution in [2.75, 3.05) is 13.2 Å². The lowest BCUT2D eigenvalue weighted by molar-refractivity contribution is 0.0946. The Kier molecular flexibility index (Phi) is 9.84. The number of unbranched alkanes of at least 4 members (excludes halogenated alkanes) is 1. The monoisotopic (exact) mass is 492 g/mol. The van der Waals surface area contributed by atoms with Crippen LogP contribution in [0.25, 0.3) is 11.3 Å². The molecule has 1 aliphatic carbocycles. The van der Waals surface area contributed by atoms with Crippen LogP contribution in [0.15, 0.2) is 35.3 Å². The summed E-state index contributed by atoms with van der Waals surface area (Å²) in [5, 5.41) is 9.88. The predicted molar refractivity (Wildman–Crippen MR) is 129 cm³/mol. The molecule has 0 atom stereocenters. The maximum atomic E-state index is 9.30. The zero-order valence-electron chi connectivity index (χ0n) is 18.7. The number of nitrogens with zero attached hydrogens (tertiary/aromatic N) is 2. The van der Waals surface area contributed by atoms with E-state index in [1.165, 1.54) is 0 Å². The van der Waals surface area contributed by atoms with E-state index < -0.39 is 11.6 Å². The van der Waals surface area contributed by atoms with Crippen molar-refractivity contribution in [3.63, 3.8) is 0 Å². The minimum absolute atomic E-state index is 0.177. The fraction of sp³-hybridized carbons (Fsp3) is 0.500. The van der Waals surface area contributed by atoms with Crippen LogP contribution in [0.4, 0.5) is 5.69 Å². The molecule has 9 heteroatoms. The van der Waals surface area contributed by atoms with Gasteiger partial charge in [0, 0.05) is 12.2 Å². The van der Waals surface area contributed by atoms with Gasteiger partial charge in [0.25, 0.3) is 0 Å². The van der Waals surface area contributed by atoms with Gasteiger partial charge in [0.15, 0.2) is 5.90 Å². The van der Waals surface area contributed by atoms with Crippen LogP contribution >= 0.6 is 11.6 Å². The van der Waals surface area contributed by atoms with E-state index >= 15 is 0 Å². The fourth-order valence-corrected chi connectivity index (χ4v) is 4.25. The van der Waals surface area contributed by atoms with E-state index in [2.05, 4.69) is 11.9 Å². The quantitative estimate of drug-likeness (QED) is 0.542. The maximum Gasteiger partial charge on any atom is 0.335 e. The van der Waals surface area contributed by atoms with Crippen LogP contribution < -0.4 is 4.74 Å². The molecule has 1 saturated carbocycles. The molecule has 0 spiro atoms. The van der Waals surface area contributed by atoms with Crippen LogP contribution in [0, 0.1) is 5.92 Å². The number of hydrogen-bond donors (Lipinski definition) is 1. The number of benzene rings is 1. The van der Waals surface area contributed by atoms with E-state index in [1.54, 1.807) is 0 Å². The van der Waals surface area contributed by atoms with Gasteiger partial charge in [-0.1, -0.05) is 24.9 Å². The molecule has 4 rings (SSSR count). The third kappa shape index (κ3) is 7.09. The molecule has 1 aromatic carbocycles. The minimum atomic E-state index is -0.750. The van der Waals surface area contributed by atoms with Gasteiger partial charge >= 0.3 is 11.6 Å². The molecule has 0 saturated heterocycles. The smallest absolute Gasteiger partial charge is 0.335 e. The summed E-state index contributed by atoms with van der Waals surface area (Å²) in [5.41, 5.74) is 3.41. The van der Waals surface area contributed by atoms with Gasteiger partial charge in [-0.3, -0.25) is 0 Å². The molecule has 7 nitrogen and oxygen atoms in total. The third-order valence-electron chi connectivity index (χ3n) is 5.84. The summed E-state index contributed by atoms with van der Waals surface area (Å²) >= 11 is 5.78. The molecule has 1 fully saturated rings. The summed E-state index contributed by atoms with van der Waals surface area (Å²) in [6.07, 6.45) is 6.88. The lowest BCUT2D eigenvalue weighted by atomic mass is 9.88. The van der Waals surface area contributed by atoms with Crippen LogP contribution in [-0.2, 0) is 22.7 Å². The van der Waals surface area contributed by atoms with Crippen molar-refractivity contribution in [3.05, 3.63) is 41.0 Å². The SMILES string of the molecule is CCCCOc1ccc(-c2nc3c(cc2Cl)N=C(OC2CCC(CO)CC2)C3)cc1.O=S=O. The average molecular weight is 493 g/mol. The van der Waals surface area contributed by atoms with E-state index in [0.717, 1.165) is 79.4 Å². The number of aliphatic imine (C=N–C) groups is 1. The molecule has 0 amide bonds. The number of rotatable bonds is 7. The first kappa shape index (κ1) is 25.3. The molecule has 0 unspecified atom stereocenters. The van der Waals surface area contributed by atoms with E-state index in [0.29, 0.717) is 17.4 Å². The third-order valence-corrected chi connectivity index (χ3v) is 6.13. The van der Waals surface area contributed by atoms with Crippen molar-refractivity contribution >= 4 is 34.8 Å². The summed E-state index contributed by atoms with van der Waals surface area (Å²) in [6.45, 7) is 3.15. The highest BCUT2D eigenvalue weighted by molar-refractivity contribution is 7.51. The Hall–Kier alpha value is -2.29. The van der Waals surface area contributed by atoms with Crippen LogP contribution in [-0.4, -0.2) is 43.7 Å². The second-order valence-electron chi connectivity index (χ2n) is 8.20. The van der Waals surface area contributed by atoms with Crippen LogP contribution in [0.3, 0.4) is 0 Å². The molecular weight excluding hydrogens is 464 g/mol. The molecule has 2 aliphatic rings. The van der Waals surface area contributed by atoms with Gasteiger partial charge in [-0.05, 0) is 68.4 Å². The van der Waals surface area contributed by atoms with Crippen molar-refractivity contribution < 1.29 is 23.0 Å². The number of hydrogen-bond acceptors (Lipinski definition) is 7. The number of aromatic nitrogens is 1. The minimum Gasteiger partial charge on any atom is -0.494 e. The fourth-order valence-electron chi connectivity index (χ4n) is 4.00. The number of ether oxygens (including phenoxy) is 2. The Morgan fingerprint density at radius 3 is 2.48 bits per heavy atom. The number of pyridine rings is 1. The van der Waals surface area contributed by atoms with E-state index in [-0.39, 0.29) is 12.7 Å².